The molecule has 2 aliphatic heterocycles. The Balaban J connectivity index is 1.81. The summed E-state index contributed by atoms with van der Waals surface area (Å²) in [5, 5.41) is 7.04. The molecule has 2 bridgehead atoms. The summed E-state index contributed by atoms with van der Waals surface area (Å²) in [4.78, 5) is 0.301. The normalized spacial score (nSPS) is 25.4. The van der Waals surface area contributed by atoms with Crippen LogP contribution in [0.2, 0.25) is 0 Å². The van der Waals surface area contributed by atoms with Crippen molar-refractivity contribution in [3.05, 3.63) is 36.5 Å². The Labute approximate surface area is 135 Å². The molecule has 0 amide bonds. The maximum Gasteiger partial charge on any atom is 0.244 e. The van der Waals surface area contributed by atoms with Gasteiger partial charge in [-0.15, -0.1) is 0 Å². The van der Waals surface area contributed by atoms with E-state index in [9.17, 15) is 8.42 Å². The second-order valence-electron chi connectivity index (χ2n) is 6.09. The first kappa shape index (κ1) is 14.9. The van der Waals surface area contributed by atoms with Crippen molar-refractivity contribution in [3.63, 3.8) is 0 Å². The highest BCUT2D eigenvalue weighted by atomic mass is 32.2. The largest absolute Gasteiger partial charge is 0.356 e. The van der Waals surface area contributed by atoms with E-state index in [4.69, 9.17) is 4.52 Å². The van der Waals surface area contributed by atoms with Crippen molar-refractivity contribution in [1.82, 2.24) is 14.8 Å². The van der Waals surface area contributed by atoms with Crippen LogP contribution in [0.3, 0.4) is 0 Å². The maximum absolute atomic E-state index is 13.4. The average Bonchev–Trinajstić information content (AvgIpc) is 3.14. The van der Waals surface area contributed by atoms with Crippen molar-refractivity contribution in [2.45, 2.75) is 36.2 Å². The molecule has 2 aliphatic rings. The fraction of sp³-hybridized carbons (Fsp3) is 0.438. The molecule has 1 aromatic heterocycles. The van der Waals surface area contributed by atoms with Crippen LogP contribution in [-0.2, 0) is 10.0 Å². The molecule has 4 rings (SSSR count). The van der Waals surface area contributed by atoms with Gasteiger partial charge in [0.15, 0.2) is 5.76 Å². The van der Waals surface area contributed by atoms with E-state index in [-0.39, 0.29) is 12.1 Å². The highest BCUT2D eigenvalue weighted by molar-refractivity contribution is 7.89. The summed E-state index contributed by atoms with van der Waals surface area (Å²) in [6.45, 7) is 1.59. The van der Waals surface area contributed by atoms with Gasteiger partial charge in [-0.05, 0) is 37.9 Å². The second kappa shape index (κ2) is 5.74. The maximum atomic E-state index is 13.4. The summed E-state index contributed by atoms with van der Waals surface area (Å²) in [5.41, 5.74) is 0.571. The van der Waals surface area contributed by atoms with E-state index in [1.165, 1.54) is 6.20 Å². The average molecular weight is 333 g/mol. The summed E-state index contributed by atoms with van der Waals surface area (Å²) in [6.07, 6.45) is 4.25. The number of benzene rings is 1. The van der Waals surface area contributed by atoms with Crippen LogP contribution in [0.4, 0.5) is 0 Å². The number of aromatic nitrogens is 1. The molecule has 23 heavy (non-hydrogen) atoms. The van der Waals surface area contributed by atoms with Gasteiger partial charge >= 0.3 is 0 Å². The molecule has 3 heterocycles. The molecule has 2 aromatic rings. The third-order valence-corrected chi connectivity index (χ3v) is 6.80. The van der Waals surface area contributed by atoms with Crippen molar-refractivity contribution in [3.8, 4) is 11.3 Å². The van der Waals surface area contributed by atoms with Gasteiger partial charge in [-0.1, -0.05) is 17.3 Å². The molecular formula is C16H19N3O3S. The summed E-state index contributed by atoms with van der Waals surface area (Å²) in [6, 6.07) is 8.81. The summed E-state index contributed by atoms with van der Waals surface area (Å²) < 4.78 is 33.6. The highest BCUT2D eigenvalue weighted by Gasteiger charge is 2.43. The topological polar surface area (TPSA) is 75.4 Å². The predicted molar refractivity (Wildman–Crippen MR) is 85.3 cm³/mol. The number of nitrogens with zero attached hydrogens (tertiary/aromatic N) is 2. The monoisotopic (exact) mass is 333 g/mol. The Bertz CT molecular complexity index is 775. The Morgan fingerprint density at radius 3 is 2.78 bits per heavy atom. The van der Waals surface area contributed by atoms with Gasteiger partial charge in [0.1, 0.15) is 0 Å². The predicted octanol–water partition coefficient (Wildman–Crippen LogP) is 1.86. The zero-order valence-electron chi connectivity index (χ0n) is 12.7. The van der Waals surface area contributed by atoms with Crippen molar-refractivity contribution in [2.24, 2.45) is 0 Å². The number of fused-ring (bicyclic) bond motifs is 2. The van der Waals surface area contributed by atoms with Gasteiger partial charge in [-0.25, -0.2) is 8.42 Å². The van der Waals surface area contributed by atoms with Gasteiger partial charge in [0.2, 0.25) is 10.0 Å². The van der Waals surface area contributed by atoms with Crippen LogP contribution in [0.5, 0.6) is 0 Å². The minimum Gasteiger partial charge on any atom is -0.356 e. The van der Waals surface area contributed by atoms with E-state index in [0.717, 1.165) is 32.4 Å². The molecular weight excluding hydrogens is 314 g/mol. The van der Waals surface area contributed by atoms with Crippen LogP contribution in [0.1, 0.15) is 19.3 Å². The van der Waals surface area contributed by atoms with E-state index in [2.05, 4.69) is 10.5 Å². The van der Waals surface area contributed by atoms with Crippen molar-refractivity contribution < 1.29 is 12.9 Å². The van der Waals surface area contributed by atoms with Gasteiger partial charge < -0.3 is 9.84 Å². The number of rotatable bonds is 3. The Kier molecular flexibility index (Phi) is 3.71. The Hall–Kier alpha value is -1.70. The first-order chi connectivity index (χ1) is 11.2. The zero-order chi connectivity index (χ0) is 15.9. The van der Waals surface area contributed by atoms with Gasteiger partial charge in [0.25, 0.3) is 0 Å². The van der Waals surface area contributed by atoms with Gasteiger partial charge in [0, 0.05) is 30.3 Å². The quantitative estimate of drug-likeness (QED) is 0.928. The second-order valence-corrected chi connectivity index (χ2v) is 7.90. The first-order valence-electron chi connectivity index (χ1n) is 7.92. The van der Waals surface area contributed by atoms with E-state index in [1.807, 2.05) is 6.07 Å². The molecule has 2 saturated heterocycles. The number of nitrogens with one attached hydrogen (secondary N) is 1. The third kappa shape index (κ3) is 2.49. The van der Waals surface area contributed by atoms with Crippen LogP contribution in [0, 0.1) is 0 Å². The molecule has 122 valence electrons. The van der Waals surface area contributed by atoms with E-state index in [1.54, 1.807) is 28.6 Å². The SMILES string of the molecule is O=S(=O)(c1ccccc1-c1ccno1)N1C2CCNCC1CC2. The molecule has 0 saturated carbocycles. The molecule has 0 spiro atoms. The molecule has 0 radical (unpaired) electrons. The summed E-state index contributed by atoms with van der Waals surface area (Å²) in [5.74, 6) is 0.476. The summed E-state index contributed by atoms with van der Waals surface area (Å²) >= 11 is 0. The molecule has 7 heteroatoms. The van der Waals surface area contributed by atoms with Gasteiger partial charge in [-0.3, -0.25) is 0 Å². The van der Waals surface area contributed by atoms with Crippen molar-refractivity contribution >= 4 is 10.0 Å². The Morgan fingerprint density at radius 2 is 1.96 bits per heavy atom. The molecule has 2 fully saturated rings. The Morgan fingerprint density at radius 1 is 1.13 bits per heavy atom. The molecule has 1 aromatic carbocycles. The third-order valence-electron chi connectivity index (χ3n) is 4.73. The van der Waals surface area contributed by atoms with Crippen LogP contribution < -0.4 is 5.32 Å². The standard InChI is InChI=1S/C16H19N3O3S/c20-23(21,19-12-5-6-13(19)11-17-9-7-12)16-4-2-1-3-14(16)15-8-10-18-22-15/h1-4,8,10,12-13,17H,5-7,9,11H2. The lowest BCUT2D eigenvalue weighted by molar-refractivity contribution is 0.334. The number of hydrogen-bond acceptors (Lipinski definition) is 5. The minimum atomic E-state index is -3.57. The van der Waals surface area contributed by atoms with Crippen LogP contribution >= 0.6 is 0 Å². The molecule has 0 aliphatic carbocycles. The molecule has 2 atom stereocenters. The van der Waals surface area contributed by atoms with Gasteiger partial charge in [-0.2, -0.15) is 4.31 Å². The highest BCUT2D eigenvalue weighted by Crippen LogP contribution is 2.37. The smallest absolute Gasteiger partial charge is 0.244 e. The van der Waals surface area contributed by atoms with Crippen LogP contribution in [0.25, 0.3) is 11.3 Å². The fourth-order valence-electron chi connectivity index (χ4n) is 3.69. The van der Waals surface area contributed by atoms with E-state index in [0.29, 0.717) is 16.2 Å². The lowest BCUT2D eigenvalue weighted by atomic mass is 10.1. The van der Waals surface area contributed by atoms with Crippen LogP contribution in [0.15, 0.2) is 45.9 Å². The molecule has 2 unspecified atom stereocenters. The lowest BCUT2D eigenvalue weighted by Crippen LogP contribution is -2.42. The number of hydrogen-bond donors (Lipinski definition) is 1. The summed E-state index contributed by atoms with van der Waals surface area (Å²) in [7, 11) is -3.57. The van der Waals surface area contributed by atoms with E-state index >= 15 is 0 Å². The number of sulfonamides is 1. The van der Waals surface area contributed by atoms with E-state index < -0.39 is 10.0 Å². The van der Waals surface area contributed by atoms with Crippen molar-refractivity contribution in [2.75, 3.05) is 13.1 Å². The minimum absolute atomic E-state index is 0.0373. The van der Waals surface area contributed by atoms with Gasteiger partial charge in [0.05, 0.1) is 11.1 Å². The molecule has 6 nitrogen and oxygen atoms in total. The van der Waals surface area contributed by atoms with Crippen molar-refractivity contribution in [1.29, 1.82) is 0 Å². The zero-order valence-corrected chi connectivity index (χ0v) is 13.5. The lowest BCUT2D eigenvalue weighted by Gasteiger charge is -2.27. The first-order valence-corrected chi connectivity index (χ1v) is 9.36. The fourth-order valence-corrected chi connectivity index (χ4v) is 5.79. The van der Waals surface area contributed by atoms with Crippen LogP contribution in [-0.4, -0.2) is 43.1 Å². The molecule has 1 N–H and O–H groups in total.